The van der Waals surface area contributed by atoms with Crippen LogP contribution < -0.4 is 0 Å². The summed E-state index contributed by atoms with van der Waals surface area (Å²) in [5, 5.41) is 5.59. The van der Waals surface area contributed by atoms with Gasteiger partial charge in [0.1, 0.15) is 0 Å². The van der Waals surface area contributed by atoms with Crippen LogP contribution in [-0.4, -0.2) is 31.3 Å². The second-order valence-electron chi connectivity index (χ2n) is 6.76. The van der Waals surface area contributed by atoms with Crippen molar-refractivity contribution in [3.05, 3.63) is 94.5 Å². The van der Waals surface area contributed by atoms with Gasteiger partial charge in [0.05, 0.1) is 6.67 Å². The van der Waals surface area contributed by atoms with Crippen LogP contribution in [0.3, 0.4) is 0 Å². The standard InChI is InChI=1S/C22H20ClN5S/c1-26(15-18-7-5-6-10-20(18)23)16-27-22(29)28(19-8-3-2-4-9-19)21(25-27)17-11-13-24-14-12-17/h2-14H,15-16H2,1H3. The average Bonchev–Trinajstić information content (AvgIpc) is 3.07. The number of aromatic nitrogens is 4. The summed E-state index contributed by atoms with van der Waals surface area (Å²) >= 11 is 12.1. The van der Waals surface area contributed by atoms with E-state index in [4.69, 9.17) is 28.9 Å². The van der Waals surface area contributed by atoms with Gasteiger partial charge in [-0.15, -0.1) is 5.10 Å². The van der Waals surface area contributed by atoms with E-state index in [1.165, 1.54) is 0 Å². The Labute approximate surface area is 179 Å². The molecule has 0 saturated carbocycles. The monoisotopic (exact) mass is 421 g/mol. The normalized spacial score (nSPS) is 11.1. The first-order valence-corrected chi connectivity index (χ1v) is 10.00. The predicted molar refractivity (Wildman–Crippen MR) is 119 cm³/mol. The molecule has 0 bridgehead atoms. The van der Waals surface area contributed by atoms with Crippen LogP contribution >= 0.6 is 23.8 Å². The third kappa shape index (κ3) is 4.29. The van der Waals surface area contributed by atoms with Gasteiger partial charge in [0.15, 0.2) is 5.82 Å². The van der Waals surface area contributed by atoms with E-state index in [9.17, 15) is 0 Å². The van der Waals surface area contributed by atoms with Crippen molar-refractivity contribution in [2.75, 3.05) is 7.05 Å². The highest BCUT2D eigenvalue weighted by atomic mass is 35.5. The fraction of sp³-hybridized carbons (Fsp3) is 0.136. The molecule has 0 aliphatic carbocycles. The van der Waals surface area contributed by atoms with Crippen LogP contribution in [0.1, 0.15) is 5.56 Å². The molecule has 0 unspecified atom stereocenters. The van der Waals surface area contributed by atoms with Gasteiger partial charge in [-0.1, -0.05) is 48.0 Å². The molecule has 0 radical (unpaired) electrons. The Hall–Kier alpha value is -2.80. The summed E-state index contributed by atoms with van der Waals surface area (Å²) in [6, 6.07) is 21.8. The molecule has 0 aliphatic heterocycles. The molecule has 0 aliphatic rings. The third-order valence-electron chi connectivity index (χ3n) is 4.57. The Morgan fingerprint density at radius 3 is 2.38 bits per heavy atom. The maximum atomic E-state index is 6.31. The summed E-state index contributed by atoms with van der Waals surface area (Å²) in [5.41, 5.74) is 3.01. The number of hydrogen-bond donors (Lipinski definition) is 0. The second-order valence-corrected chi connectivity index (χ2v) is 7.53. The van der Waals surface area contributed by atoms with Gasteiger partial charge in [-0.05, 0) is 55.2 Å². The quantitative estimate of drug-likeness (QED) is 0.401. The molecule has 2 heterocycles. The largest absolute Gasteiger partial charge is 0.283 e. The van der Waals surface area contributed by atoms with Crippen LogP contribution in [-0.2, 0) is 13.2 Å². The van der Waals surface area contributed by atoms with Crippen molar-refractivity contribution < 1.29 is 0 Å². The summed E-state index contributed by atoms with van der Waals surface area (Å²) in [5.74, 6) is 0.787. The van der Waals surface area contributed by atoms with Crippen molar-refractivity contribution in [1.82, 2.24) is 24.2 Å². The van der Waals surface area contributed by atoms with Gasteiger partial charge in [-0.2, -0.15) is 0 Å². The fourth-order valence-electron chi connectivity index (χ4n) is 3.19. The number of halogens is 1. The summed E-state index contributed by atoms with van der Waals surface area (Å²) < 4.78 is 4.47. The van der Waals surface area contributed by atoms with E-state index in [0.29, 0.717) is 18.0 Å². The molecule has 146 valence electrons. The van der Waals surface area contributed by atoms with E-state index in [1.807, 2.05) is 83.0 Å². The minimum atomic E-state index is 0.544. The zero-order valence-electron chi connectivity index (χ0n) is 15.9. The zero-order chi connectivity index (χ0) is 20.2. The number of hydrogen-bond acceptors (Lipinski definition) is 4. The topological polar surface area (TPSA) is 38.9 Å². The maximum absolute atomic E-state index is 6.31. The second kappa shape index (κ2) is 8.69. The van der Waals surface area contributed by atoms with E-state index in [0.717, 1.165) is 27.7 Å². The van der Waals surface area contributed by atoms with Gasteiger partial charge in [0.25, 0.3) is 0 Å². The molecular formula is C22H20ClN5S. The lowest BCUT2D eigenvalue weighted by Crippen LogP contribution is -2.22. The van der Waals surface area contributed by atoms with E-state index in [1.54, 1.807) is 12.4 Å². The number of benzene rings is 2. The molecule has 0 N–H and O–H groups in total. The highest BCUT2D eigenvalue weighted by molar-refractivity contribution is 7.71. The van der Waals surface area contributed by atoms with Gasteiger partial charge in [0.2, 0.25) is 4.77 Å². The van der Waals surface area contributed by atoms with Crippen LogP contribution in [0.2, 0.25) is 5.02 Å². The van der Waals surface area contributed by atoms with Gasteiger partial charge < -0.3 is 0 Å². The molecule has 0 spiro atoms. The SMILES string of the molecule is CN(Cc1ccccc1Cl)Cn1nc(-c2ccncc2)n(-c2ccccc2)c1=S. The molecule has 0 saturated heterocycles. The summed E-state index contributed by atoms with van der Waals surface area (Å²) in [6.07, 6.45) is 3.52. The van der Waals surface area contributed by atoms with Crippen LogP contribution in [0, 0.1) is 4.77 Å². The van der Waals surface area contributed by atoms with Crippen molar-refractivity contribution in [2.45, 2.75) is 13.2 Å². The molecule has 5 nitrogen and oxygen atoms in total. The molecule has 7 heteroatoms. The smallest absolute Gasteiger partial charge is 0.204 e. The first-order valence-electron chi connectivity index (χ1n) is 9.21. The molecule has 4 aromatic rings. The van der Waals surface area contributed by atoms with E-state index < -0.39 is 0 Å². The lowest BCUT2D eigenvalue weighted by atomic mass is 10.2. The Bertz CT molecular complexity index is 1150. The molecule has 0 atom stereocenters. The minimum absolute atomic E-state index is 0.544. The van der Waals surface area contributed by atoms with Crippen molar-refractivity contribution >= 4 is 23.8 Å². The third-order valence-corrected chi connectivity index (χ3v) is 5.33. The van der Waals surface area contributed by atoms with Crippen molar-refractivity contribution in [2.24, 2.45) is 0 Å². The minimum Gasteiger partial charge on any atom is -0.283 e. The predicted octanol–water partition coefficient (Wildman–Crippen LogP) is 5.21. The van der Waals surface area contributed by atoms with Crippen molar-refractivity contribution in [3.63, 3.8) is 0 Å². The lowest BCUT2D eigenvalue weighted by molar-refractivity contribution is 0.244. The lowest BCUT2D eigenvalue weighted by Gasteiger charge is -2.17. The maximum Gasteiger partial charge on any atom is 0.204 e. The van der Waals surface area contributed by atoms with Gasteiger partial charge in [-0.3, -0.25) is 14.5 Å². The number of pyridine rings is 1. The average molecular weight is 422 g/mol. The Morgan fingerprint density at radius 1 is 0.966 bits per heavy atom. The number of nitrogens with zero attached hydrogens (tertiary/aromatic N) is 5. The summed E-state index contributed by atoms with van der Waals surface area (Å²) in [7, 11) is 2.03. The van der Waals surface area contributed by atoms with Gasteiger partial charge in [-0.25, -0.2) is 4.68 Å². The molecular weight excluding hydrogens is 402 g/mol. The van der Waals surface area contributed by atoms with Crippen molar-refractivity contribution in [3.8, 4) is 17.1 Å². The van der Waals surface area contributed by atoms with Gasteiger partial charge >= 0.3 is 0 Å². The van der Waals surface area contributed by atoms with E-state index >= 15 is 0 Å². The molecule has 29 heavy (non-hydrogen) atoms. The Kier molecular flexibility index (Phi) is 5.85. The summed E-state index contributed by atoms with van der Waals surface area (Å²) in [6.45, 7) is 1.24. The van der Waals surface area contributed by atoms with Gasteiger partial charge in [0, 0.05) is 35.2 Å². The van der Waals surface area contributed by atoms with Crippen molar-refractivity contribution in [1.29, 1.82) is 0 Å². The summed E-state index contributed by atoms with van der Waals surface area (Å²) in [4.78, 5) is 6.25. The highest BCUT2D eigenvalue weighted by Crippen LogP contribution is 2.23. The molecule has 2 aromatic heterocycles. The van der Waals surface area contributed by atoms with Crippen LogP contribution in [0.25, 0.3) is 17.1 Å². The number of rotatable bonds is 6. The zero-order valence-corrected chi connectivity index (χ0v) is 17.5. The number of para-hydroxylation sites is 1. The Balaban J connectivity index is 1.70. The van der Waals surface area contributed by atoms with Crippen LogP contribution in [0.4, 0.5) is 0 Å². The van der Waals surface area contributed by atoms with Crippen LogP contribution in [0.15, 0.2) is 79.1 Å². The van der Waals surface area contributed by atoms with E-state index in [2.05, 4.69) is 9.88 Å². The highest BCUT2D eigenvalue weighted by Gasteiger charge is 2.15. The molecule has 0 amide bonds. The first kappa shape index (κ1) is 19.5. The van der Waals surface area contributed by atoms with Crippen LogP contribution in [0.5, 0.6) is 0 Å². The fourth-order valence-corrected chi connectivity index (χ4v) is 3.68. The first-order chi connectivity index (χ1) is 14.1. The van der Waals surface area contributed by atoms with E-state index in [-0.39, 0.29) is 0 Å². The molecule has 2 aromatic carbocycles. The molecule has 0 fully saturated rings. The Morgan fingerprint density at radius 2 is 1.66 bits per heavy atom. The molecule has 4 rings (SSSR count).